The normalized spacial score (nSPS) is 23.6. The van der Waals surface area contributed by atoms with E-state index in [4.69, 9.17) is 0 Å². The van der Waals surface area contributed by atoms with Gasteiger partial charge in [-0.2, -0.15) is 0 Å². The van der Waals surface area contributed by atoms with Gasteiger partial charge in [0.25, 0.3) is 0 Å². The molecule has 10 nitrogen and oxygen atoms in total. The Morgan fingerprint density at radius 3 is 0.541 bits per heavy atom. The van der Waals surface area contributed by atoms with Crippen molar-refractivity contribution in [3.8, 4) is 0 Å². The summed E-state index contributed by atoms with van der Waals surface area (Å²) in [5, 5.41) is 0. The van der Waals surface area contributed by atoms with Crippen molar-refractivity contribution in [1.29, 1.82) is 0 Å². The quantitative estimate of drug-likeness (QED) is 0.418. The van der Waals surface area contributed by atoms with Crippen molar-refractivity contribution in [3.63, 3.8) is 0 Å². The smallest absolute Gasteiger partial charge is 0.150 e. The number of hydrogen-bond acceptors (Lipinski definition) is 10. The van der Waals surface area contributed by atoms with Gasteiger partial charge in [0, 0.05) is 12.5 Å². The Morgan fingerprint density at radius 1 is 0.405 bits per heavy atom. The maximum Gasteiger partial charge on any atom is 0.150 e. The predicted molar refractivity (Wildman–Crippen MR) is 153 cm³/mol. The summed E-state index contributed by atoms with van der Waals surface area (Å²) in [5.74, 6) is 3.39. The van der Waals surface area contributed by atoms with Gasteiger partial charge in [-0.25, -0.2) is 42.1 Å². The van der Waals surface area contributed by atoms with Gasteiger partial charge in [0.1, 0.15) is 49.2 Å². The second-order valence-corrected chi connectivity index (χ2v) is 21.1. The zero-order chi connectivity index (χ0) is 29.2. The van der Waals surface area contributed by atoms with E-state index in [1.807, 2.05) is 0 Å². The fraction of sp³-hybridized carbons (Fsp3) is 1.00. The third-order valence-electron chi connectivity index (χ3n) is 5.14. The Morgan fingerprint density at radius 2 is 0.514 bits per heavy atom. The summed E-state index contributed by atoms with van der Waals surface area (Å²) < 4.78 is 103. The molecule has 15 heteroatoms. The minimum Gasteiger partial charge on any atom is -0.229 e. The molecule has 0 amide bonds. The zero-order valence-electron chi connectivity index (χ0n) is 22.9. The van der Waals surface area contributed by atoms with Gasteiger partial charge in [-0.15, -0.1) is 0 Å². The van der Waals surface area contributed by atoms with E-state index in [9.17, 15) is 42.1 Å². The van der Waals surface area contributed by atoms with Crippen LogP contribution in [0.3, 0.4) is 0 Å². The Labute approximate surface area is 227 Å². The first-order valence-corrected chi connectivity index (χ1v) is 22.3. The van der Waals surface area contributed by atoms with Crippen molar-refractivity contribution in [2.24, 2.45) is 0 Å². The highest BCUT2D eigenvalue weighted by molar-refractivity contribution is 7.92. The molecular formula is C22H48O10S5. The third kappa shape index (κ3) is 30.2. The van der Waals surface area contributed by atoms with Crippen LogP contribution in [0, 0.1) is 0 Å². The van der Waals surface area contributed by atoms with Gasteiger partial charge >= 0.3 is 0 Å². The molecule has 0 unspecified atom stereocenters. The van der Waals surface area contributed by atoms with Crippen molar-refractivity contribution >= 4 is 49.2 Å². The molecule has 0 saturated carbocycles. The van der Waals surface area contributed by atoms with Crippen LogP contribution < -0.4 is 0 Å². The van der Waals surface area contributed by atoms with Crippen molar-refractivity contribution in [2.45, 2.75) is 78.1 Å². The largest absolute Gasteiger partial charge is 0.229 e. The molecule has 226 valence electrons. The number of hydrogen-bond donors (Lipinski definition) is 0. The van der Waals surface area contributed by atoms with E-state index in [1.165, 1.54) is 12.8 Å². The molecule has 0 aliphatic carbocycles. The summed E-state index contributed by atoms with van der Waals surface area (Å²) in [6.45, 7) is 4.36. The van der Waals surface area contributed by atoms with E-state index in [0.29, 0.717) is 46.0 Å². The molecule has 4 rings (SSSR count). The lowest BCUT2D eigenvalue weighted by atomic mass is 10.4. The summed E-state index contributed by atoms with van der Waals surface area (Å²) >= 11 is 0. The highest BCUT2D eigenvalue weighted by Crippen LogP contribution is 2.10. The zero-order valence-corrected chi connectivity index (χ0v) is 26.9. The van der Waals surface area contributed by atoms with Crippen LogP contribution in [0.2, 0.25) is 0 Å². The van der Waals surface area contributed by atoms with Crippen molar-refractivity contribution in [3.05, 3.63) is 0 Å². The molecule has 0 radical (unpaired) electrons. The molecule has 4 aliphatic rings. The van der Waals surface area contributed by atoms with Crippen LogP contribution in [0.1, 0.15) is 78.1 Å². The SMILES string of the molecule is CCCC.CS(C)(=O)=O.O=S1(=O)CCCC1.O=S1(=O)CCCC1.O=S1(=O)CCCC1.O=S1(=O)CCCC1. The van der Waals surface area contributed by atoms with Gasteiger partial charge in [-0.3, -0.25) is 0 Å². The molecule has 4 fully saturated rings. The second kappa shape index (κ2) is 18.9. The van der Waals surface area contributed by atoms with Crippen molar-refractivity contribution < 1.29 is 42.1 Å². The van der Waals surface area contributed by atoms with Gasteiger partial charge in [0.2, 0.25) is 0 Å². The van der Waals surface area contributed by atoms with Crippen LogP contribution in [-0.4, -0.2) is 101 Å². The average Bonchev–Trinajstić information content (AvgIpc) is 3.53. The van der Waals surface area contributed by atoms with Gasteiger partial charge < -0.3 is 0 Å². The molecule has 0 bridgehead atoms. The third-order valence-corrected chi connectivity index (χ3v) is 12.4. The first-order chi connectivity index (χ1) is 16.7. The second-order valence-electron chi connectivity index (χ2n) is 9.58. The number of rotatable bonds is 1. The van der Waals surface area contributed by atoms with E-state index in [-0.39, 0.29) is 0 Å². The summed E-state index contributed by atoms with van der Waals surface area (Å²) in [6, 6.07) is 0. The molecule has 4 heterocycles. The van der Waals surface area contributed by atoms with Crippen molar-refractivity contribution in [1.82, 2.24) is 0 Å². The Hall–Kier alpha value is -0.250. The number of sulfone groups is 5. The fourth-order valence-electron chi connectivity index (χ4n) is 2.98. The Bertz CT molecular complexity index is 926. The van der Waals surface area contributed by atoms with E-state index in [2.05, 4.69) is 13.8 Å². The van der Waals surface area contributed by atoms with Crippen LogP contribution in [-0.2, 0) is 49.2 Å². The lowest BCUT2D eigenvalue weighted by Crippen LogP contribution is -1.98. The molecule has 0 spiro atoms. The van der Waals surface area contributed by atoms with Gasteiger partial charge in [0.15, 0.2) is 0 Å². The molecule has 0 atom stereocenters. The van der Waals surface area contributed by atoms with E-state index in [0.717, 1.165) is 63.9 Å². The van der Waals surface area contributed by atoms with Gasteiger partial charge in [-0.05, 0) is 51.4 Å². The highest BCUT2D eigenvalue weighted by atomic mass is 32.2. The standard InChI is InChI=1S/4C4H8O2S.C4H10.C2H6O2S/c4*5-7(6)3-1-2-4-7;1-3-4-2;1-5(2,3)4/h4*1-4H2;3-4H2,1-2H3;1-2H3. The van der Waals surface area contributed by atoms with Crippen LogP contribution in [0.4, 0.5) is 0 Å². The predicted octanol–water partition coefficient (Wildman–Crippen LogP) is 2.25. The maximum atomic E-state index is 10.4. The first kappa shape index (κ1) is 38.9. The fourth-order valence-corrected chi connectivity index (χ4v) is 8.95. The summed E-state index contributed by atoms with van der Waals surface area (Å²) in [7, 11) is -12.9. The average molecular weight is 633 g/mol. The van der Waals surface area contributed by atoms with Crippen LogP contribution in [0.5, 0.6) is 0 Å². The molecule has 4 saturated heterocycles. The monoisotopic (exact) mass is 632 g/mol. The Kier molecular flexibility index (Phi) is 19.9. The molecule has 0 N–H and O–H groups in total. The van der Waals surface area contributed by atoms with Crippen LogP contribution in [0.25, 0.3) is 0 Å². The summed E-state index contributed by atoms with van der Waals surface area (Å²) in [6.07, 6.45) is 12.0. The minimum absolute atomic E-state index is 0.424. The number of unbranched alkanes of at least 4 members (excludes halogenated alkanes) is 1. The van der Waals surface area contributed by atoms with E-state index in [1.54, 1.807) is 0 Å². The molecular weight excluding hydrogens is 585 g/mol. The molecule has 4 aliphatic heterocycles. The van der Waals surface area contributed by atoms with Crippen LogP contribution in [0.15, 0.2) is 0 Å². The molecule has 37 heavy (non-hydrogen) atoms. The maximum absolute atomic E-state index is 10.4. The van der Waals surface area contributed by atoms with Gasteiger partial charge in [0.05, 0.1) is 46.0 Å². The molecule has 0 aromatic rings. The lowest BCUT2D eigenvalue weighted by Gasteiger charge is -1.81. The van der Waals surface area contributed by atoms with E-state index < -0.39 is 49.2 Å². The Balaban J connectivity index is 0. The lowest BCUT2D eigenvalue weighted by molar-refractivity contribution is 0.600. The first-order valence-electron chi connectivity index (χ1n) is 12.7. The minimum atomic E-state index is -2.67. The molecule has 0 aromatic carbocycles. The van der Waals surface area contributed by atoms with Crippen LogP contribution >= 0.6 is 0 Å². The topological polar surface area (TPSA) is 171 Å². The van der Waals surface area contributed by atoms with E-state index >= 15 is 0 Å². The van der Waals surface area contributed by atoms with Gasteiger partial charge in [-0.1, -0.05) is 26.7 Å². The molecule has 0 aromatic heterocycles. The highest BCUT2D eigenvalue weighted by Gasteiger charge is 2.17. The summed E-state index contributed by atoms with van der Waals surface area (Å²) in [4.78, 5) is 0. The van der Waals surface area contributed by atoms with Crippen molar-refractivity contribution in [2.75, 3.05) is 58.5 Å². The summed E-state index contributed by atoms with van der Waals surface area (Å²) in [5.41, 5.74) is 0.